The van der Waals surface area contributed by atoms with Crippen molar-refractivity contribution in [2.45, 2.75) is 33.3 Å². The van der Waals surface area contributed by atoms with Gasteiger partial charge in [0.2, 0.25) is 5.65 Å². The molecule has 6 nitrogen and oxygen atoms in total. The largest absolute Gasteiger partial charge is 0.390 e. The quantitative estimate of drug-likeness (QED) is 0.672. The van der Waals surface area contributed by atoms with Crippen molar-refractivity contribution in [2.75, 3.05) is 18.0 Å². The highest BCUT2D eigenvalue weighted by atomic mass is 35.5. The summed E-state index contributed by atoms with van der Waals surface area (Å²) in [5.41, 5.74) is 3.30. The molecule has 0 aliphatic carbocycles. The Morgan fingerprint density at radius 3 is 2.63 bits per heavy atom. The average molecular weight is 406 g/mol. The van der Waals surface area contributed by atoms with Crippen LogP contribution in [0.2, 0.25) is 10.0 Å². The van der Waals surface area contributed by atoms with Crippen molar-refractivity contribution < 1.29 is 5.11 Å². The maximum atomic E-state index is 9.90. The highest BCUT2D eigenvalue weighted by molar-refractivity contribution is 6.43. The fourth-order valence-electron chi connectivity index (χ4n) is 3.43. The van der Waals surface area contributed by atoms with Gasteiger partial charge in [0.05, 0.1) is 22.3 Å². The molecule has 0 saturated carbocycles. The van der Waals surface area contributed by atoms with Gasteiger partial charge >= 0.3 is 0 Å². The molecule has 4 rings (SSSR count). The number of fused-ring (bicyclic) bond motifs is 1. The topological polar surface area (TPSA) is 77.9 Å². The van der Waals surface area contributed by atoms with Crippen LogP contribution in [0.15, 0.2) is 18.2 Å². The number of aromatic amines is 1. The van der Waals surface area contributed by atoms with Crippen LogP contribution in [0, 0.1) is 5.41 Å². The Hall–Kier alpha value is -1.89. The summed E-state index contributed by atoms with van der Waals surface area (Å²) in [6.45, 7) is 6.14. The molecule has 0 amide bonds. The molecule has 1 aliphatic heterocycles. The summed E-state index contributed by atoms with van der Waals surface area (Å²) in [4.78, 5) is 11.5. The number of hydrogen-bond acceptors (Lipinski definition) is 5. The SMILES string of the molecule is CC1(C)CCN(c2nc3n[nH]c(-c4cccc(Cl)c4Cl)c3nc2CO)CC1. The van der Waals surface area contributed by atoms with Gasteiger partial charge in [-0.25, -0.2) is 9.97 Å². The molecule has 2 N–H and O–H groups in total. The predicted octanol–water partition coefficient (Wildman–Crippen LogP) is 4.45. The Kier molecular flexibility index (Phi) is 4.74. The summed E-state index contributed by atoms with van der Waals surface area (Å²) in [5.74, 6) is 0.704. The Labute approximate surface area is 167 Å². The van der Waals surface area contributed by atoms with Crippen LogP contribution in [0.4, 0.5) is 5.82 Å². The number of aromatic nitrogens is 4. The molecule has 0 radical (unpaired) electrons. The van der Waals surface area contributed by atoms with E-state index in [9.17, 15) is 5.11 Å². The minimum atomic E-state index is -0.188. The van der Waals surface area contributed by atoms with Gasteiger partial charge in [-0.05, 0) is 24.3 Å². The number of anilines is 1. The molecule has 0 bridgehead atoms. The monoisotopic (exact) mass is 405 g/mol. The molecule has 0 atom stereocenters. The first-order chi connectivity index (χ1) is 12.9. The normalized spacial score (nSPS) is 16.9. The van der Waals surface area contributed by atoms with Crippen molar-refractivity contribution in [3.63, 3.8) is 0 Å². The van der Waals surface area contributed by atoms with Gasteiger partial charge in [0.25, 0.3) is 0 Å². The molecule has 3 aromatic rings. The molecule has 1 aliphatic rings. The lowest BCUT2D eigenvalue weighted by Crippen LogP contribution is -2.38. The molecule has 3 heterocycles. The van der Waals surface area contributed by atoms with E-state index in [1.165, 1.54) is 0 Å². The number of aliphatic hydroxyl groups is 1. The van der Waals surface area contributed by atoms with Gasteiger partial charge in [0, 0.05) is 18.7 Å². The number of H-pyrrole nitrogens is 1. The van der Waals surface area contributed by atoms with Crippen molar-refractivity contribution in [3.8, 4) is 11.3 Å². The van der Waals surface area contributed by atoms with Crippen molar-refractivity contribution >= 4 is 40.2 Å². The first-order valence-electron chi connectivity index (χ1n) is 8.95. The lowest BCUT2D eigenvalue weighted by Gasteiger charge is -2.37. The predicted molar refractivity (Wildman–Crippen MR) is 108 cm³/mol. The summed E-state index contributed by atoms with van der Waals surface area (Å²) in [6.07, 6.45) is 2.14. The van der Waals surface area contributed by atoms with Crippen LogP contribution in [0.25, 0.3) is 22.4 Å². The van der Waals surface area contributed by atoms with E-state index in [4.69, 9.17) is 28.2 Å². The highest BCUT2D eigenvalue weighted by Crippen LogP contribution is 2.37. The third-order valence-electron chi connectivity index (χ3n) is 5.23. The van der Waals surface area contributed by atoms with Gasteiger partial charge in [-0.2, -0.15) is 5.10 Å². The summed E-state index contributed by atoms with van der Waals surface area (Å²) in [7, 11) is 0. The number of benzene rings is 1. The molecule has 1 saturated heterocycles. The van der Waals surface area contributed by atoms with E-state index in [0.29, 0.717) is 49.4 Å². The van der Waals surface area contributed by atoms with Gasteiger partial charge in [-0.15, -0.1) is 0 Å². The number of rotatable bonds is 3. The Bertz CT molecular complexity index is 991. The average Bonchev–Trinajstić information content (AvgIpc) is 3.05. The number of nitrogens with one attached hydrogen (secondary N) is 1. The molecule has 1 aromatic carbocycles. The summed E-state index contributed by atoms with van der Waals surface area (Å²) < 4.78 is 0. The summed E-state index contributed by atoms with van der Waals surface area (Å²) >= 11 is 12.5. The zero-order valence-electron chi connectivity index (χ0n) is 15.3. The van der Waals surface area contributed by atoms with Crippen LogP contribution in [-0.4, -0.2) is 38.4 Å². The molecular formula is C19H21Cl2N5O. The second kappa shape index (κ2) is 6.93. The zero-order valence-corrected chi connectivity index (χ0v) is 16.8. The Morgan fingerprint density at radius 1 is 1.19 bits per heavy atom. The number of aliphatic hydroxyl groups excluding tert-OH is 1. The second-order valence-electron chi connectivity index (χ2n) is 7.68. The van der Waals surface area contributed by atoms with Crippen LogP contribution >= 0.6 is 23.2 Å². The van der Waals surface area contributed by atoms with Crippen LogP contribution in [0.5, 0.6) is 0 Å². The third-order valence-corrected chi connectivity index (χ3v) is 6.05. The molecule has 2 aromatic heterocycles. The second-order valence-corrected chi connectivity index (χ2v) is 8.46. The number of hydrogen-bond donors (Lipinski definition) is 2. The molecule has 142 valence electrons. The molecule has 1 fully saturated rings. The summed E-state index contributed by atoms with van der Waals surface area (Å²) in [6, 6.07) is 5.40. The van der Waals surface area contributed by atoms with E-state index in [0.717, 1.165) is 25.9 Å². The fourth-order valence-corrected chi connectivity index (χ4v) is 3.82. The Balaban J connectivity index is 1.78. The molecule has 27 heavy (non-hydrogen) atoms. The Morgan fingerprint density at radius 2 is 1.93 bits per heavy atom. The van der Waals surface area contributed by atoms with Crippen molar-refractivity contribution in [1.29, 1.82) is 0 Å². The number of nitrogens with zero attached hydrogens (tertiary/aromatic N) is 4. The first kappa shape index (κ1) is 18.5. The summed E-state index contributed by atoms with van der Waals surface area (Å²) in [5, 5.41) is 18.1. The molecule has 0 spiro atoms. The van der Waals surface area contributed by atoms with Gasteiger partial charge in [-0.3, -0.25) is 5.10 Å². The minimum absolute atomic E-state index is 0.188. The number of halogens is 2. The van der Waals surface area contributed by atoms with Gasteiger partial charge in [0.1, 0.15) is 11.2 Å². The maximum Gasteiger partial charge on any atom is 0.202 e. The molecular weight excluding hydrogens is 385 g/mol. The van der Waals surface area contributed by atoms with E-state index >= 15 is 0 Å². The first-order valence-corrected chi connectivity index (χ1v) is 9.70. The van der Waals surface area contributed by atoms with Gasteiger partial charge in [0.15, 0.2) is 5.82 Å². The van der Waals surface area contributed by atoms with Crippen LogP contribution in [-0.2, 0) is 6.61 Å². The van der Waals surface area contributed by atoms with Crippen molar-refractivity contribution in [3.05, 3.63) is 33.9 Å². The van der Waals surface area contributed by atoms with E-state index in [2.05, 4.69) is 33.9 Å². The fraction of sp³-hybridized carbons (Fsp3) is 0.421. The van der Waals surface area contributed by atoms with Gasteiger partial charge < -0.3 is 10.0 Å². The van der Waals surface area contributed by atoms with Crippen LogP contribution in [0.1, 0.15) is 32.4 Å². The zero-order chi connectivity index (χ0) is 19.2. The molecule has 0 unspecified atom stereocenters. The van der Waals surface area contributed by atoms with Crippen molar-refractivity contribution in [2.24, 2.45) is 5.41 Å². The van der Waals surface area contributed by atoms with E-state index in [1.54, 1.807) is 6.07 Å². The standard InChI is InChI=1S/C19H21Cl2N5O/c1-19(2)6-8-26(9-7-19)18-13(10-27)22-16-15(24-25-17(16)23-18)11-4-3-5-12(20)14(11)21/h3-5,27H,6-10H2,1-2H3,(H,23,24,25). The van der Waals surface area contributed by atoms with E-state index < -0.39 is 0 Å². The van der Waals surface area contributed by atoms with E-state index in [1.807, 2.05) is 12.1 Å². The highest BCUT2D eigenvalue weighted by Gasteiger charge is 2.28. The minimum Gasteiger partial charge on any atom is -0.390 e. The lowest BCUT2D eigenvalue weighted by atomic mass is 9.82. The smallest absolute Gasteiger partial charge is 0.202 e. The molecule has 8 heteroatoms. The van der Waals surface area contributed by atoms with Gasteiger partial charge in [-0.1, -0.05) is 49.2 Å². The lowest BCUT2D eigenvalue weighted by molar-refractivity contribution is 0.269. The van der Waals surface area contributed by atoms with E-state index in [-0.39, 0.29) is 6.61 Å². The third kappa shape index (κ3) is 3.37. The number of piperidine rings is 1. The van der Waals surface area contributed by atoms with Crippen LogP contribution < -0.4 is 4.90 Å². The van der Waals surface area contributed by atoms with Crippen LogP contribution in [0.3, 0.4) is 0 Å². The van der Waals surface area contributed by atoms with Crippen molar-refractivity contribution in [1.82, 2.24) is 20.2 Å². The maximum absolute atomic E-state index is 9.90.